The molecule has 1 fully saturated rings. The fraction of sp³-hybridized carbons (Fsp3) is 0.368. The minimum absolute atomic E-state index is 0. The minimum atomic E-state index is 0. The molecule has 0 aromatic heterocycles. The molecular weight excluding hydrogens is 310 g/mol. The minimum Gasteiger partial charge on any atom is -0.493 e. The number of para-hydroxylation sites is 1. The molecule has 0 saturated carbocycles. The summed E-state index contributed by atoms with van der Waals surface area (Å²) in [5.41, 5.74) is 0. The predicted octanol–water partition coefficient (Wildman–Crippen LogP) is 4.81. The SMILES string of the molecule is Cl.c1ccc(Oc2cccc(OCC[C@@H]3CCCCN3)c2)cc1. The van der Waals surface area contributed by atoms with E-state index < -0.39 is 0 Å². The van der Waals surface area contributed by atoms with Crippen LogP contribution in [0.1, 0.15) is 25.7 Å². The lowest BCUT2D eigenvalue weighted by Crippen LogP contribution is -2.35. The van der Waals surface area contributed by atoms with Crippen molar-refractivity contribution in [2.24, 2.45) is 0 Å². The smallest absolute Gasteiger partial charge is 0.131 e. The Morgan fingerprint density at radius 3 is 2.48 bits per heavy atom. The molecule has 1 saturated heterocycles. The zero-order valence-electron chi connectivity index (χ0n) is 13.2. The van der Waals surface area contributed by atoms with Gasteiger partial charge in [0, 0.05) is 12.1 Å². The highest BCUT2D eigenvalue weighted by Crippen LogP contribution is 2.25. The van der Waals surface area contributed by atoms with E-state index in [1.165, 1.54) is 19.3 Å². The van der Waals surface area contributed by atoms with Crippen molar-refractivity contribution in [3.63, 3.8) is 0 Å². The fourth-order valence-electron chi connectivity index (χ4n) is 2.74. The number of nitrogens with one attached hydrogen (secondary N) is 1. The summed E-state index contributed by atoms with van der Waals surface area (Å²) in [5, 5.41) is 3.54. The van der Waals surface area contributed by atoms with E-state index in [1.54, 1.807) is 0 Å². The van der Waals surface area contributed by atoms with Crippen LogP contribution in [0.25, 0.3) is 0 Å². The van der Waals surface area contributed by atoms with E-state index >= 15 is 0 Å². The molecule has 3 rings (SSSR count). The van der Waals surface area contributed by atoms with Gasteiger partial charge in [0.2, 0.25) is 0 Å². The Balaban J connectivity index is 0.00000192. The van der Waals surface area contributed by atoms with Crippen LogP contribution < -0.4 is 14.8 Å². The molecule has 3 nitrogen and oxygen atoms in total. The monoisotopic (exact) mass is 333 g/mol. The summed E-state index contributed by atoms with van der Waals surface area (Å²) < 4.78 is 11.7. The van der Waals surface area contributed by atoms with Crippen molar-refractivity contribution in [2.75, 3.05) is 13.2 Å². The summed E-state index contributed by atoms with van der Waals surface area (Å²) in [5.74, 6) is 2.51. The first kappa shape index (κ1) is 17.6. The van der Waals surface area contributed by atoms with E-state index in [2.05, 4.69) is 5.32 Å². The molecule has 4 heteroatoms. The lowest BCUT2D eigenvalue weighted by molar-refractivity contribution is 0.267. The Kier molecular flexibility index (Phi) is 7.24. The number of benzene rings is 2. The summed E-state index contributed by atoms with van der Waals surface area (Å²) >= 11 is 0. The molecule has 0 unspecified atom stereocenters. The third-order valence-electron chi connectivity index (χ3n) is 3.93. The van der Waals surface area contributed by atoms with Crippen molar-refractivity contribution >= 4 is 12.4 Å². The van der Waals surface area contributed by atoms with Crippen LogP contribution >= 0.6 is 12.4 Å². The van der Waals surface area contributed by atoms with Crippen molar-refractivity contribution in [1.82, 2.24) is 5.32 Å². The van der Waals surface area contributed by atoms with E-state index in [0.717, 1.165) is 36.8 Å². The molecular formula is C19H24ClNO2. The maximum Gasteiger partial charge on any atom is 0.131 e. The van der Waals surface area contributed by atoms with Gasteiger partial charge in [0.15, 0.2) is 0 Å². The molecule has 0 bridgehead atoms. The van der Waals surface area contributed by atoms with Crippen molar-refractivity contribution in [1.29, 1.82) is 0 Å². The number of piperidine rings is 1. The summed E-state index contributed by atoms with van der Waals surface area (Å²) in [7, 11) is 0. The van der Waals surface area contributed by atoms with Crippen LogP contribution in [0.15, 0.2) is 54.6 Å². The van der Waals surface area contributed by atoms with Gasteiger partial charge in [-0.1, -0.05) is 30.7 Å². The van der Waals surface area contributed by atoms with Crippen LogP contribution in [0.4, 0.5) is 0 Å². The number of ether oxygens (including phenoxy) is 2. The third-order valence-corrected chi connectivity index (χ3v) is 3.93. The van der Waals surface area contributed by atoms with Crippen LogP contribution in [0, 0.1) is 0 Å². The number of rotatable bonds is 6. The Morgan fingerprint density at radius 2 is 1.70 bits per heavy atom. The van der Waals surface area contributed by atoms with Gasteiger partial charge in [0.05, 0.1) is 6.61 Å². The van der Waals surface area contributed by atoms with E-state index in [-0.39, 0.29) is 12.4 Å². The van der Waals surface area contributed by atoms with Crippen molar-refractivity contribution in [3.8, 4) is 17.2 Å². The Bertz CT molecular complexity index is 571. The average Bonchev–Trinajstić information content (AvgIpc) is 2.57. The van der Waals surface area contributed by atoms with Crippen LogP contribution in [0.2, 0.25) is 0 Å². The molecule has 1 aliphatic heterocycles. The van der Waals surface area contributed by atoms with Gasteiger partial charge in [0.1, 0.15) is 17.2 Å². The summed E-state index contributed by atoms with van der Waals surface area (Å²) in [6.07, 6.45) is 4.96. The number of hydrogen-bond acceptors (Lipinski definition) is 3. The summed E-state index contributed by atoms with van der Waals surface area (Å²) in [4.78, 5) is 0. The first-order valence-electron chi connectivity index (χ1n) is 8.09. The zero-order valence-corrected chi connectivity index (χ0v) is 14.1. The first-order valence-corrected chi connectivity index (χ1v) is 8.09. The Labute approximate surface area is 144 Å². The third kappa shape index (κ3) is 5.77. The number of hydrogen-bond donors (Lipinski definition) is 1. The fourth-order valence-corrected chi connectivity index (χ4v) is 2.74. The van der Waals surface area contributed by atoms with Gasteiger partial charge in [-0.2, -0.15) is 0 Å². The molecule has 124 valence electrons. The van der Waals surface area contributed by atoms with Gasteiger partial charge in [-0.25, -0.2) is 0 Å². The Morgan fingerprint density at radius 1 is 0.913 bits per heavy atom. The summed E-state index contributed by atoms with van der Waals surface area (Å²) in [6.45, 7) is 1.89. The molecule has 23 heavy (non-hydrogen) atoms. The van der Waals surface area contributed by atoms with Gasteiger partial charge in [-0.3, -0.25) is 0 Å². The standard InChI is InChI=1S/C19H23NO2.ClH/c1-2-8-17(9-3-1)22-19-11-6-10-18(15-19)21-14-12-16-7-4-5-13-20-16;/h1-3,6,8-11,15-16,20H,4-5,7,12-14H2;1H/t16-;/m0./s1. The van der Waals surface area contributed by atoms with E-state index in [0.29, 0.717) is 6.04 Å². The molecule has 2 aromatic rings. The lowest BCUT2D eigenvalue weighted by Gasteiger charge is -2.23. The van der Waals surface area contributed by atoms with E-state index in [4.69, 9.17) is 9.47 Å². The molecule has 1 heterocycles. The highest BCUT2D eigenvalue weighted by atomic mass is 35.5. The predicted molar refractivity (Wildman–Crippen MR) is 96.0 cm³/mol. The molecule has 2 aromatic carbocycles. The van der Waals surface area contributed by atoms with Gasteiger partial charge >= 0.3 is 0 Å². The van der Waals surface area contributed by atoms with E-state index in [1.807, 2.05) is 54.6 Å². The molecule has 1 atom stereocenters. The average molecular weight is 334 g/mol. The van der Waals surface area contributed by atoms with Crippen LogP contribution in [0.3, 0.4) is 0 Å². The van der Waals surface area contributed by atoms with Crippen LogP contribution in [-0.4, -0.2) is 19.2 Å². The molecule has 0 radical (unpaired) electrons. The molecule has 1 N–H and O–H groups in total. The maximum atomic E-state index is 5.87. The molecule has 0 aliphatic carbocycles. The first-order chi connectivity index (χ1) is 10.9. The van der Waals surface area contributed by atoms with Crippen LogP contribution in [-0.2, 0) is 0 Å². The van der Waals surface area contributed by atoms with Crippen molar-refractivity contribution in [2.45, 2.75) is 31.7 Å². The highest BCUT2D eigenvalue weighted by Gasteiger charge is 2.12. The van der Waals surface area contributed by atoms with Gasteiger partial charge in [0.25, 0.3) is 0 Å². The second kappa shape index (κ2) is 9.43. The second-order valence-electron chi connectivity index (χ2n) is 5.67. The molecule has 1 aliphatic rings. The van der Waals surface area contributed by atoms with E-state index in [9.17, 15) is 0 Å². The van der Waals surface area contributed by atoms with Gasteiger partial charge in [-0.05, 0) is 50.1 Å². The molecule has 0 amide bonds. The van der Waals surface area contributed by atoms with Crippen molar-refractivity contribution in [3.05, 3.63) is 54.6 Å². The Hall–Kier alpha value is -1.71. The quantitative estimate of drug-likeness (QED) is 0.822. The largest absolute Gasteiger partial charge is 0.493 e. The summed E-state index contributed by atoms with van der Waals surface area (Å²) in [6, 6.07) is 18.2. The van der Waals surface area contributed by atoms with Crippen LogP contribution in [0.5, 0.6) is 17.2 Å². The molecule has 0 spiro atoms. The lowest BCUT2D eigenvalue weighted by atomic mass is 10.0. The second-order valence-corrected chi connectivity index (χ2v) is 5.67. The van der Waals surface area contributed by atoms with Gasteiger partial charge in [-0.15, -0.1) is 12.4 Å². The highest BCUT2D eigenvalue weighted by molar-refractivity contribution is 5.85. The topological polar surface area (TPSA) is 30.5 Å². The maximum absolute atomic E-state index is 5.87. The number of halogens is 1. The van der Waals surface area contributed by atoms with Gasteiger partial charge < -0.3 is 14.8 Å². The van der Waals surface area contributed by atoms with Crippen molar-refractivity contribution < 1.29 is 9.47 Å². The normalized spacial score (nSPS) is 17.1. The zero-order chi connectivity index (χ0) is 15.0.